The second-order valence-electron chi connectivity index (χ2n) is 4.95. The van der Waals surface area contributed by atoms with Gasteiger partial charge in [0.1, 0.15) is 0 Å². The van der Waals surface area contributed by atoms with Gasteiger partial charge in [-0.3, -0.25) is 9.78 Å². The SMILES string of the molecule is CC1CCN(c2nc(C(C)N)cc(=O)[nH]2)CC1. The van der Waals surface area contributed by atoms with Crippen LogP contribution in [-0.4, -0.2) is 23.1 Å². The quantitative estimate of drug-likeness (QED) is 0.804. The lowest BCUT2D eigenvalue weighted by Gasteiger charge is -2.30. The van der Waals surface area contributed by atoms with Crippen LogP contribution in [0.1, 0.15) is 38.4 Å². The molecule has 0 amide bonds. The lowest BCUT2D eigenvalue weighted by Crippen LogP contribution is -2.35. The molecule has 1 aromatic heterocycles. The van der Waals surface area contributed by atoms with Gasteiger partial charge in [-0.1, -0.05) is 6.92 Å². The zero-order valence-corrected chi connectivity index (χ0v) is 10.4. The van der Waals surface area contributed by atoms with Gasteiger partial charge in [0, 0.05) is 25.2 Å². The minimum absolute atomic E-state index is 0.124. The van der Waals surface area contributed by atoms with Crippen molar-refractivity contribution in [3.8, 4) is 0 Å². The van der Waals surface area contributed by atoms with Gasteiger partial charge in [0.15, 0.2) is 0 Å². The van der Waals surface area contributed by atoms with E-state index >= 15 is 0 Å². The van der Waals surface area contributed by atoms with Gasteiger partial charge in [-0.05, 0) is 25.7 Å². The lowest BCUT2D eigenvalue weighted by atomic mass is 10.00. The van der Waals surface area contributed by atoms with Gasteiger partial charge in [0.25, 0.3) is 5.56 Å². The summed E-state index contributed by atoms with van der Waals surface area (Å²) < 4.78 is 0. The molecule has 1 unspecified atom stereocenters. The van der Waals surface area contributed by atoms with Crippen LogP contribution in [0.3, 0.4) is 0 Å². The van der Waals surface area contributed by atoms with E-state index in [2.05, 4.69) is 21.8 Å². The van der Waals surface area contributed by atoms with Crippen molar-refractivity contribution in [1.29, 1.82) is 0 Å². The van der Waals surface area contributed by atoms with Crippen LogP contribution in [0.5, 0.6) is 0 Å². The molecule has 2 rings (SSSR count). The molecule has 0 saturated carbocycles. The molecule has 5 nitrogen and oxygen atoms in total. The molecule has 3 N–H and O–H groups in total. The van der Waals surface area contributed by atoms with Gasteiger partial charge in [0.05, 0.1) is 5.69 Å². The Morgan fingerprint density at radius 3 is 2.76 bits per heavy atom. The summed E-state index contributed by atoms with van der Waals surface area (Å²) in [5.74, 6) is 1.42. The summed E-state index contributed by atoms with van der Waals surface area (Å²) >= 11 is 0. The number of nitrogens with two attached hydrogens (primary N) is 1. The van der Waals surface area contributed by atoms with Crippen molar-refractivity contribution in [2.45, 2.75) is 32.7 Å². The number of anilines is 1. The Kier molecular flexibility index (Phi) is 3.47. The second-order valence-corrected chi connectivity index (χ2v) is 4.95. The van der Waals surface area contributed by atoms with Crippen LogP contribution < -0.4 is 16.2 Å². The molecule has 0 aliphatic carbocycles. The normalized spacial score (nSPS) is 19.4. The fourth-order valence-electron chi connectivity index (χ4n) is 2.07. The third-order valence-electron chi connectivity index (χ3n) is 3.30. The first-order chi connectivity index (χ1) is 8.06. The molecule has 1 aromatic rings. The zero-order valence-electron chi connectivity index (χ0n) is 10.4. The summed E-state index contributed by atoms with van der Waals surface area (Å²) in [6.07, 6.45) is 2.29. The Morgan fingerprint density at radius 2 is 2.18 bits per heavy atom. The van der Waals surface area contributed by atoms with Crippen LogP contribution in [0, 0.1) is 5.92 Å². The number of nitrogens with zero attached hydrogens (tertiary/aromatic N) is 2. The van der Waals surface area contributed by atoms with E-state index in [9.17, 15) is 4.79 Å². The van der Waals surface area contributed by atoms with Crippen molar-refractivity contribution >= 4 is 5.95 Å². The minimum atomic E-state index is -0.209. The van der Waals surface area contributed by atoms with Crippen molar-refractivity contribution in [3.63, 3.8) is 0 Å². The average Bonchev–Trinajstić information content (AvgIpc) is 2.29. The Bertz CT molecular complexity index is 432. The highest BCUT2D eigenvalue weighted by Crippen LogP contribution is 2.19. The molecule has 0 radical (unpaired) electrons. The smallest absolute Gasteiger partial charge is 0.252 e. The number of aromatic nitrogens is 2. The Morgan fingerprint density at radius 1 is 1.53 bits per heavy atom. The predicted molar refractivity (Wildman–Crippen MR) is 68.1 cm³/mol. The zero-order chi connectivity index (χ0) is 12.4. The summed E-state index contributed by atoms with van der Waals surface area (Å²) in [7, 11) is 0. The van der Waals surface area contributed by atoms with Crippen LogP contribution in [-0.2, 0) is 0 Å². The molecule has 1 atom stereocenters. The molecule has 1 aliphatic heterocycles. The maximum atomic E-state index is 11.5. The third kappa shape index (κ3) is 2.85. The molecule has 1 saturated heterocycles. The van der Waals surface area contributed by atoms with Crippen molar-refractivity contribution in [1.82, 2.24) is 9.97 Å². The van der Waals surface area contributed by atoms with Gasteiger partial charge in [-0.2, -0.15) is 0 Å². The van der Waals surface area contributed by atoms with Crippen LogP contribution in [0.2, 0.25) is 0 Å². The molecule has 0 spiro atoms. The van der Waals surface area contributed by atoms with E-state index in [4.69, 9.17) is 5.73 Å². The number of rotatable bonds is 2. The van der Waals surface area contributed by atoms with Crippen molar-refractivity contribution < 1.29 is 0 Å². The number of hydrogen-bond donors (Lipinski definition) is 2. The summed E-state index contributed by atoms with van der Waals surface area (Å²) in [6.45, 7) is 5.99. The highest BCUT2D eigenvalue weighted by molar-refractivity contribution is 5.31. The van der Waals surface area contributed by atoms with Gasteiger partial charge in [-0.25, -0.2) is 4.98 Å². The van der Waals surface area contributed by atoms with E-state index in [0.717, 1.165) is 31.8 Å². The summed E-state index contributed by atoms with van der Waals surface area (Å²) in [6, 6.07) is 1.26. The molecule has 2 heterocycles. The summed E-state index contributed by atoms with van der Waals surface area (Å²) in [5, 5.41) is 0. The summed E-state index contributed by atoms with van der Waals surface area (Å²) in [5.41, 5.74) is 6.30. The van der Waals surface area contributed by atoms with Crippen LogP contribution >= 0.6 is 0 Å². The molecule has 17 heavy (non-hydrogen) atoms. The van der Waals surface area contributed by atoms with E-state index in [-0.39, 0.29) is 11.6 Å². The Hall–Kier alpha value is -1.36. The van der Waals surface area contributed by atoms with Crippen molar-refractivity contribution in [3.05, 3.63) is 22.1 Å². The van der Waals surface area contributed by atoms with E-state index in [1.807, 2.05) is 6.92 Å². The third-order valence-corrected chi connectivity index (χ3v) is 3.30. The topological polar surface area (TPSA) is 75.0 Å². The average molecular weight is 236 g/mol. The Labute approximate surface area is 101 Å². The van der Waals surface area contributed by atoms with Crippen molar-refractivity contribution in [2.75, 3.05) is 18.0 Å². The monoisotopic (exact) mass is 236 g/mol. The predicted octanol–water partition coefficient (Wildman–Crippen LogP) is 1.03. The van der Waals surface area contributed by atoms with Crippen LogP contribution in [0.25, 0.3) is 0 Å². The molecule has 1 aliphatic rings. The number of nitrogens with one attached hydrogen (secondary N) is 1. The minimum Gasteiger partial charge on any atom is -0.342 e. The first-order valence-electron chi connectivity index (χ1n) is 6.18. The molecule has 0 aromatic carbocycles. The van der Waals surface area contributed by atoms with E-state index in [1.165, 1.54) is 6.07 Å². The molecule has 94 valence electrons. The van der Waals surface area contributed by atoms with Gasteiger partial charge in [-0.15, -0.1) is 0 Å². The number of hydrogen-bond acceptors (Lipinski definition) is 4. The first kappa shape index (κ1) is 12.1. The number of piperidine rings is 1. The van der Waals surface area contributed by atoms with Gasteiger partial charge >= 0.3 is 0 Å². The van der Waals surface area contributed by atoms with E-state index < -0.39 is 0 Å². The van der Waals surface area contributed by atoms with Crippen LogP contribution in [0.15, 0.2) is 10.9 Å². The fourth-order valence-corrected chi connectivity index (χ4v) is 2.07. The molecular weight excluding hydrogens is 216 g/mol. The highest BCUT2D eigenvalue weighted by Gasteiger charge is 2.18. The fraction of sp³-hybridized carbons (Fsp3) is 0.667. The number of H-pyrrole nitrogens is 1. The summed E-state index contributed by atoms with van der Waals surface area (Å²) in [4.78, 5) is 20.9. The second kappa shape index (κ2) is 4.87. The highest BCUT2D eigenvalue weighted by atomic mass is 16.1. The maximum Gasteiger partial charge on any atom is 0.252 e. The standard InChI is InChI=1S/C12H20N4O/c1-8-3-5-16(6-4-8)12-14-10(9(2)13)7-11(17)15-12/h7-9H,3-6,13H2,1-2H3,(H,14,15,17). The molecule has 0 bridgehead atoms. The molecular formula is C12H20N4O. The van der Waals surface area contributed by atoms with Crippen LogP contribution in [0.4, 0.5) is 5.95 Å². The van der Waals surface area contributed by atoms with Gasteiger partial charge in [0.2, 0.25) is 5.95 Å². The van der Waals surface area contributed by atoms with Gasteiger partial charge < -0.3 is 10.6 Å². The number of aromatic amines is 1. The lowest BCUT2D eigenvalue weighted by molar-refractivity contribution is 0.434. The van der Waals surface area contributed by atoms with E-state index in [0.29, 0.717) is 11.6 Å². The Balaban J connectivity index is 2.23. The first-order valence-corrected chi connectivity index (χ1v) is 6.18. The van der Waals surface area contributed by atoms with E-state index in [1.54, 1.807) is 0 Å². The van der Waals surface area contributed by atoms with Crippen molar-refractivity contribution in [2.24, 2.45) is 11.7 Å². The molecule has 5 heteroatoms. The maximum absolute atomic E-state index is 11.5. The largest absolute Gasteiger partial charge is 0.342 e. The molecule has 1 fully saturated rings.